The van der Waals surface area contributed by atoms with E-state index in [2.05, 4.69) is 21.5 Å². The Bertz CT molecular complexity index is 1200. The van der Waals surface area contributed by atoms with Crippen molar-refractivity contribution in [1.82, 2.24) is 14.8 Å². The zero-order chi connectivity index (χ0) is 23.4. The fourth-order valence-electron chi connectivity index (χ4n) is 4.53. The molecular formula is C24H24ClFN6O. The normalized spacial score (nSPS) is 20.2. The summed E-state index contributed by atoms with van der Waals surface area (Å²) in [5.41, 5.74) is 6.75. The lowest BCUT2D eigenvalue weighted by Gasteiger charge is -2.39. The smallest absolute Gasteiger partial charge is 0.254 e. The minimum atomic E-state index is -0.655. The van der Waals surface area contributed by atoms with Crippen molar-refractivity contribution in [3.63, 3.8) is 0 Å². The van der Waals surface area contributed by atoms with Crippen molar-refractivity contribution in [2.24, 2.45) is 11.7 Å². The van der Waals surface area contributed by atoms with Crippen molar-refractivity contribution < 1.29 is 9.18 Å². The topological polar surface area (TPSA) is 110 Å². The maximum Gasteiger partial charge on any atom is 0.254 e. The number of pyridine rings is 1. The molecule has 0 aliphatic heterocycles. The number of nitrogens with one attached hydrogen (secondary N) is 1. The largest absolute Gasteiger partial charge is 0.365 e. The van der Waals surface area contributed by atoms with Crippen LogP contribution in [0.4, 0.5) is 15.9 Å². The number of aromatic nitrogens is 3. The van der Waals surface area contributed by atoms with Crippen LogP contribution in [0.5, 0.6) is 0 Å². The summed E-state index contributed by atoms with van der Waals surface area (Å²) in [5, 5.41) is 17.9. The molecule has 0 atom stereocenters. The van der Waals surface area contributed by atoms with Gasteiger partial charge in [0.15, 0.2) is 5.82 Å². The molecule has 0 spiro atoms. The zero-order valence-electron chi connectivity index (χ0n) is 18.0. The lowest BCUT2D eigenvalue weighted by molar-refractivity contribution is 0.1000. The Labute approximate surface area is 196 Å². The van der Waals surface area contributed by atoms with Crippen LogP contribution < -0.4 is 11.1 Å². The average molecular weight is 467 g/mol. The van der Waals surface area contributed by atoms with Crippen molar-refractivity contribution in [2.75, 3.05) is 5.32 Å². The summed E-state index contributed by atoms with van der Waals surface area (Å²) in [7, 11) is 0. The van der Waals surface area contributed by atoms with Gasteiger partial charge in [0.2, 0.25) is 5.95 Å². The van der Waals surface area contributed by atoms with Gasteiger partial charge in [-0.25, -0.2) is 4.98 Å². The van der Waals surface area contributed by atoms with Crippen LogP contribution in [0.2, 0.25) is 5.02 Å². The second-order valence-corrected chi connectivity index (χ2v) is 8.90. The van der Waals surface area contributed by atoms with Gasteiger partial charge >= 0.3 is 0 Å². The van der Waals surface area contributed by atoms with Crippen LogP contribution in [-0.2, 0) is 12.0 Å². The number of anilines is 2. The molecule has 170 valence electrons. The fraction of sp³-hybridized carbons (Fsp3) is 0.333. The lowest BCUT2D eigenvalue weighted by atomic mass is 9.73. The summed E-state index contributed by atoms with van der Waals surface area (Å²) >= 11 is 6.34. The Hall–Kier alpha value is -3.44. The van der Waals surface area contributed by atoms with Gasteiger partial charge in [-0.15, -0.1) is 0 Å². The molecule has 1 aliphatic rings. The molecule has 2 aromatic heterocycles. The van der Waals surface area contributed by atoms with Gasteiger partial charge in [0.05, 0.1) is 18.0 Å². The Morgan fingerprint density at radius 2 is 2.09 bits per heavy atom. The number of nitriles is 1. The number of nitrogens with two attached hydrogens (primary N) is 1. The SMILES string of the molecule is N#CCC1(n2cc(C(N)=O)c(Nc3ccnc(F)c3)n2)CCC(Cc2ccccc2Cl)CC1. The second kappa shape index (κ2) is 9.59. The first-order valence-electron chi connectivity index (χ1n) is 10.8. The van der Waals surface area contributed by atoms with Crippen LogP contribution in [0.15, 0.2) is 48.8 Å². The number of halogens is 2. The minimum Gasteiger partial charge on any atom is -0.365 e. The van der Waals surface area contributed by atoms with Crippen LogP contribution in [0.1, 0.15) is 48.0 Å². The maximum absolute atomic E-state index is 13.5. The average Bonchev–Trinajstić information content (AvgIpc) is 3.22. The Morgan fingerprint density at radius 1 is 1.33 bits per heavy atom. The monoisotopic (exact) mass is 466 g/mol. The number of nitrogens with zero attached hydrogens (tertiary/aromatic N) is 4. The van der Waals surface area contributed by atoms with E-state index >= 15 is 0 Å². The standard InChI is InChI=1S/C24H24ClFN6O/c25-20-4-2-1-3-17(20)13-16-5-8-24(9-6-16,10-11-27)32-15-19(22(28)33)23(31-32)30-18-7-12-29-21(26)14-18/h1-4,7,12,14-16H,5-6,8-10,13H2,(H2,28,33)(H,29,30,31). The first-order chi connectivity index (χ1) is 15.9. The second-order valence-electron chi connectivity index (χ2n) is 8.49. The molecule has 3 N–H and O–H groups in total. The highest BCUT2D eigenvalue weighted by Crippen LogP contribution is 2.42. The molecule has 1 saturated carbocycles. The van der Waals surface area contributed by atoms with Gasteiger partial charge in [-0.3, -0.25) is 9.48 Å². The third-order valence-electron chi connectivity index (χ3n) is 6.37. The van der Waals surface area contributed by atoms with Gasteiger partial charge in [0.1, 0.15) is 5.56 Å². The van der Waals surface area contributed by atoms with E-state index in [0.29, 0.717) is 11.6 Å². The molecule has 9 heteroatoms. The van der Waals surface area contributed by atoms with Crippen LogP contribution in [0.25, 0.3) is 0 Å². The molecule has 0 bridgehead atoms. The molecular weight excluding hydrogens is 443 g/mol. The number of hydrogen-bond acceptors (Lipinski definition) is 5. The van der Waals surface area contributed by atoms with Crippen LogP contribution >= 0.6 is 11.6 Å². The molecule has 0 saturated heterocycles. The first-order valence-corrected chi connectivity index (χ1v) is 11.2. The van der Waals surface area contributed by atoms with Gasteiger partial charge in [0, 0.05) is 29.2 Å². The Kier molecular flexibility index (Phi) is 6.61. The van der Waals surface area contributed by atoms with Gasteiger partial charge < -0.3 is 11.1 Å². The summed E-state index contributed by atoms with van der Waals surface area (Å²) < 4.78 is 15.2. The fourth-order valence-corrected chi connectivity index (χ4v) is 4.75. The Balaban J connectivity index is 1.57. The highest BCUT2D eigenvalue weighted by Gasteiger charge is 2.39. The molecule has 0 unspecified atom stereocenters. The molecule has 1 amide bonds. The first kappa shape index (κ1) is 22.7. The number of carbonyl (C=O) groups is 1. The zero-order valence-corrected chi connectivity index (χ0v) is 18.7. The number of amides is 1. The van der Waals surface area contributed by atoms with Crippen molar-refractivity contribution in [2.45, 2.75) is 44.1 Å². The third-order valence-corrected chi connectivity index (χ3v) is 6.73. The van der Waals surface area contributed by atoms with Gasteiger partial charge in [0.25, 0.3) is 5.91 Å². The summed E-state index contributed by atoms with van der Waals surface area (Å²) in [6, 6.07) is 12.9. The Morgan fingerprint density at radius 3 is 2.76 bits per heavy atom. The molecule has 1 aromatic carbocycles. The van der Waals surface area contributed by atoms with E-state index in [1.807, 2.05) is 24.3 Å². The van der Waals surface area contributed by atoms with Crippen LogP contribution in [0, 0.1) is 23.2 Å². The van der Waals surface area contributed by atoms with Crippen LogP contribution in [-0.4, -0.2) is 20.7 Å². The molecule has 0 radical (unpaired) electrons. The molecule has 7 nitrogen and oxygen atoms in total. The quantitative estimate of drug-likeness (QED) is 0.478. The highest BCUT2D eigenvalue weighted by atomic mass is 35.5. The molecule has 2 heterocycles. The minimum absolute atomic E-state index is 0.183. The predicted octanol–water partition coefficient (Wildman–Crippen LogP) is 4.95. The van der Waals surface area contributed by atoms with Gasteiger partial charge in [-0.1, -0.05) is 29.8 Å². The van der Waals surface area contributed by atoms with Crippen molar-refractivity contribution >= 4 is 29.0 Å². The third kappa shape index (κ3) is 4.99. The molecule has 33 heavy (non-hydrogen) atoms. The lowest BCUT2D eigenvalue weighted by Crippen LogP contribution is -2.38. The number of hydrogen-bond donors (Lipinski definition) is 2. The van der Waals surface area contributed by atoms with Crippen molar-refractivity contribution in [3.05, 3.63) is 70.9 Å². The van der Waals surface area contributed by atoms with Crippen LogP contribution in [0.3, 0.4) is 0 Å². The molecule has 4 rings (SSSR count). The summed E-state index contributed by atoms with van der Waals surface area (Å²) in [4.78, 5) is 15.6. The van der Waals surface area contributed by atoms with E-state index < -0.39 is 17.4 Å². The van der Waals surface area contributed by atoms with Gasteiger partial charge in [-0.05, 0) is 55.7 Å². The van der Waals surface area contributed by atoms with Gasteiger partial charge in [-0.2, -0.15) is 14.8 Å². The highest BCUT2D eigenvalue weighted by molar-refractivity contribution is 6.31. The molecule has 1 aliphatic carbocycles. The number of carbonyl (C=O) groups excluding carboxylic acids is 1. The van der Waals surface area contributed by atoms with E-state index in [0.717, 1.165) is 42.7 Å². The van der Waals surface area contributed by atoms with Crippen molar-refractivity contribution in [3.8, 4) is 6.07 Å². The maximum atomic E-state index is 13.5. The summed E-state index contributed by atoms with van der Waals surface area (Å²) in [6.07, 6.45) is 7.32. The van der Waals surface area contributed by atoms with E-state index in [-0.39, 0.29) is 17.8 Å². The number of benzene rings is 1. The number of primary amides is 1. The predicted molar refractivity (Wildman–Crippen MR) is 124 cm³/mol. The number of rotatable bonds is 7. The summed E-state index contributed by atoms with van der Waals surface area (Å²) in [5.74, 6) is -0.639. The van der Waals surface area contributed by atoms with E-state index in [9.17, 15) is 14.4 Å². The molecule has 1 fully saturated rings. The van der Waals surface area contributed by atoms with E-state index in [1.165, 1.54) is 12.3 Å². The molecule has 3 aromatic rings. The van der Waals surface area contributed by atoms with E-state index in [4.69, 9.17) is 17.3 Å². The van der Waals surface area contributed by atoms with Crippen molar-refractivity contribution in [1.29, 1.82) is 5.26 Å². The summed E-state index contributed by atoms with van der Waals surface area (Å²) in [6.45, 7) is 0. The van der Waals surface area contributed by atoms with E-state index in [1.54, 1.807) is 16.9 Å².